The molecule has 5 nitrogen and oxygen atoms in total. The molecule has 1 heterocycles. The molecule has 0 aliphatic carbocycles. The van der Waals surface area contributed by atoms with Gasteiger partial charge < -0.3 is 15.0 Å². The van der Waals surface area contributed by atoms with E-state index in [9.17, 15) is 9.59 Å². The molecule has 1 aliphatic rings. The van der Waals surface area contributed by atoms with Crippen molar-refractivity contribution < 1.29 is 14.3 Å². The average molecular weight is 353 g/mol. The summed E-state index contributed by atoms with van der Waals surface area (Å²) in [6.07, 6.45) is 4.79. The SMILES string of the molecule is O=C(CCCOc1ccc(Cl)cc1)NCCC(=O)N1CCCCC1. The van der Waals surface area contributed by atoms with Crippen molar-refractivity contribution in [2.45, 2.75) is 38.5 Å². The Morgan fingerprint density at radius 3 is 2.50 bits per heavy atom. The van der Waals surface area contributed by atoms with Crippen LogP contribution in [0.5, 0.6) is 5.75 Å². The summed E-state index contributed by atoms with van der Waals surface area (Å²) < 4.78 is 5.53. The molecule has 1 aromatic carbocycles. The summed E-state index contributed by atoms with van der Waals surface area (Å²) in [6, 6.07) is 7.13. The first-order valence-corrected chi connectivity index (χ1v) is 8.96. The summed E-state index contributed by atoms with van der Waals surface area (Å²) in [7, 11) is 0. The molecule has 1 saturated heterocycles. The van der Waals surface area contributed by atoms with Gasteiger partial charge in [-0.1, -0.05) is 11.6 Å². The van der Waals surface area contributed by atoms with E-state index in [4.69, 9.17) is 16.3 Å². The Kier molecular flexibility index (Phi) is 7.89. The first kappa shape index (κ1) is 18.6. The van der Waals surface area contributed by atoms with Crippen LogP contribution in [0.4, 0.5) is 0 Å². The van der Waals surface area contributed by atoms with Crippen LogP contribution < -0.4 is 10.1 Å². The molecule has 1 aromatic rings. The molecule has 6 heteroatoms. The van der Waals surface area contributed by atoms with Gasteiger partial charge in [-0.2, -0.15) is 0 Å². The fourth-order valence-corrected chi connectivity index (χ4v) is 2.78. The van der Waals surface area contributed by atoms with Crippen molar-refractivity contribution in [2.24, 2.45) is 0 Å². The van der Waals surface area contributed by atoms with Crippen LogP contribution in [-0.4, -0.2) is 43.0 Å². The Morgan fingerprint density at radius 2 is 1.79 bits per heavy atom. The maximum Gasteiger partial charge on any atom is 0.224 e. The molecule has 2 rings (SSSR count). The molecule has 1 N–H and O–H groups in total. The number of hydrogen-bond acceptors (Lipinski definition) is 3. The topological polar surface area (TPSA) is 58.6 Å². The van der Waals surface area contributed by atoms with E-state index in [1.165, 1.54) is 6.42 Å². The van der Waals surface area contributed by atoms with Gasteiger partial charge in [-0.05, 0) is 49.9 Å². The van der Waals surface area contributed by atoms with Crippen molar-refractivity contribution in [3.8, 4) is 5.75 Å². The van der Waals surface area contributed by atoms with Crippen LogP contribution in [0.1, 0.15) is 38.5 Å². The zero-order valence-electron chi connectivity index (χ0n) is 13.9. The number of nitrogens with zero attached hydrogens (tertiary/aromatic N) is 1. The minimum Gasteiger partial charge on any atom is -0.494 e. The van der Waals surface area contributed by atoms with Crippen LogP contribution >= 0.6 is 11.6 Å². The van der Waals surface area contributed by atoms with E-state index in [0.29, 0.717) is 37.4 Å². The van der Waals surface area contributed by atoms with Crippen molar-refractivity contribution >= 4 is 23.4 Å². The Labute approximate surface area is 148 Å². The number of nitrogens with one attached hydrogen (secondary N) is 1. The summed E-state index contributed by atoms with van der Waals surface area (Å²) in [5.41, 5.74) is 0. The number of halogens is 1. The van der Waals surface area contributed by atoms with E-state index in [2.05, 4.69) is 5.32 Å². The number of benzene rings is 1. The van der Waals surface area contributed by atoms with Gasteiger partial charge in [-0.25, -0.2) is 0 Å². The van der Waals surface area contributed by atoms with Crippen LogP contribution in [0.2, 0.25) is 5.02 Å². The Hall–Kier alpha value is -1.75. The minimum absolute atomic E-state index is 0.0406. The van der Waals surface area contributed by atoms with Gasteiger partial charge in [-0.3, -0.25) is 9.59 Å². The first-order valence-electron chi connectivity index (χ1n) is 8.58. The van der Waals surface area contributed by atoms with Gasteiger partial charge in [0.25, 0.3) is 0 Å². The molecule has 132 valence electrons. The number of carbonyl (C=O) groups excluding carboxylic acids is 2. The highest BCUT2D eigenvalue weighted by Gasteiger charge is 2.15. The largest absolute Gasteiger partial charge is 0.494 e. The summed E-state index contributed by atoms with van der Waals surface area (Å²) in [4.78, 5) is 25.6. The number of likely N-dealkylation sites (tertiary alicyclic amines) is 1. The lowest BCUT2D eigenvalue weighted by Gasteiger charge is -2.26. The van der Waals surface area contributed by atoms with E-state index in [1.54, 1.807) is 24.3 Å². The van der Waals surface area contributed by atoms with Gasteiger partial charge in [0.15, 0.2) is 0 Å². The molecular weight excluding hydrogens is 328 g/mol. The molecule has 0 spiro atoms. The van der Waals surface area contributed by atoms with Gasteiger partial charge in [0.1, 0.15) is 5.75 Å². The molecular formula is C18H25ClN2O3. The van der Waals surface area contributed by atoms with Gasteiger partial charge in [0.2, 0.25) is 11.8 Å². The molecule has 1 aliphatic heterocycles. The molecule has 0 saturated carbocycles. The molecule has 1 fully saturated rings. The lowest BCUT2D eigenvalue weighted by atomic mass is 10.1. The monoisotopic (exact) mass is 352 g/mol. The predicted octanol–water partition coefficient (Wildman–Crippen LogP) is 3.02. The van der Waals surface area contributed by atoms with Crippen LogP contribution in [0.25, 0.3) is 0 Å². The second kappa shape index (κ2) is 10.2. The van der Waals surface area contributed by atoms with Crippen molar-refractivity contribution in [3.05, 3.63) is 29.3 Å². The fourth-order valence-electron chi connectivity index (χ4n) is 2.65. The number of rotatable bonds is 8. The van der Waals surface area contributed by atoms with E-state index >= 15 is 0 Å². The second-order valence-corrected chi connectivity index (χ2v) is 6.38. The van der Waals surface area contributed by atoms with Crippen molar-refractivity contribution in [1.29, 1.82) is 0 Å². The predicted molar refractivity (Wildman–Crippen MR) is 94.2 cm³/mol. The molecule has 2 amide bonds. The van der Waals surface area contributed by atoms with E-state index < -0.39 is 0 Å². The van der Waals surface area contributed by atoms with Gasteiger partial charge >= 0.3 is 0 Å². The highest BCUT2D eigenvalue weighted by atomic mass is 35.5. The third-order valence-corrected chi connectivity index (χ3v) is 4.25. The first-order chi connectivity index (χ1) is 11.6. The zero-order chi connectivity index (χ0) is 17.2. The number of ether oxygens (including phenoxy) is 1. The van der Waals surface area contributed by atoms with E-state index in [0.717, 1.165) is 31.7 Å². The molecule has 0 atom stereocenters. The van der Waals surface area contributed by atoms with Crippen molar-refractivity contribution in [2.75, 3.05) is 26.2 Å². The minimum atomic E-state index is -0.0406. The molecule has 0 bridgehead atoms. The smallest absolute Gasteiger partial charge is 0.224 e. The quantitative estimate of drug-likeness (QED) is 0.732. The highest BCUT2D eigenvalue weighted by molar-refractivity contribution is 6.30. The fraction of sp³-hybridized carbons (Fsp3) is 0.556. The maximum atomic E-state index is 12.0. The summed E-state index contributed by atoms with van der Waals surface area (Å²) in [5.74, 6) is 0.842. The number of hydrogen-bond donors (Lipinski definition) is 1. The summed E-state index contributed by atoms with van der Waals surface area (Å²) in [5, 5.41) is 3.47. The van der Waals surface area contributed by atoms with Crippen molar-refractivity contribution in [3.63, 3.8) is 0 Å². The summed E-state index contributed by atoms with van der Waals surface area (Å²) in [6.45, 7) is 2.59. The third kappa shape index (κ3) is 6.79. The Morgan fingerprint density at radius 1 is 1.08 bits per heavy atom. The molecule has 24 heavy (non-hydrogen) atoms. The van der Waals surface area contributed by atoms with E-state index in [-0.39, 0.29) is 11.8 Å². The normalized spacial score (nSPS) is 14.3. The van der Waals surface area contributed by atoms with Gasteiger partial charge in [0, 0.05) is 37.5 Å². The molecule has 0 unspecified atom stereocenters. The van der Waals surface area contributed by atoms with E-state index in [1.807, 2.05) is 4.90 Å². The number of amides is 2. The lowest BCUT2D eigenvalue weighted by molar-refractivity contribution is -0.132. The Balaban J connectivity index is 1.51. The van der Waals surface area contributed by atoms with Crippen molar-refractivity contribution in [1.82, 2.24) is 10.2 Å². The van der Waals surface area contributed by atoms with Crippen LogP contribution in [-0.2, 0) is 9.59 Å². The average Bonchev–Trinajstić information content (AvgIpc) is 2.61. The maximum absolute atomic E-state index is 12.0. The molecule has 0 aromatic heterocycles. The third-order valence-electron chi connectivity index (χ3n) is 4.00. The summed E-state index contributed by atoms with van der Waals surface area (Å²) >= 11 is 5.80. The van der Waals surface area contributed by atoms with Crippen LogP contribution in [0, 0.1) is 0 Å². The second-order valence-electron chi connectivity index (χ2n) is 5.95. The Bertz CT molecular complexity index is 528. The number of piperidine rings is 1. The number of carbonyl (C=O) groups is 2. The zero-order valence-corrected chi connectivity index (χ0v) is 14.7. The van der Waals surface area contributed by atoms with Crippen LogP contribution in [0.3, 0.4) is 0 Å². The van der Waals surface area contributed by atoms with Gasteiger partial charge in [-0.15, -0.1) is 0 Å². The molecule has 0 radical (unpaired) electrons. The lowest BCUT2D eigenvalue weighted by Crippen LogP contribution is -2.37. The highest BCUT2D eigenvalue weighted by Crippen LogP contribution is 2.15. The standard InChI is InChI=1S/C18H25ClN2O3/c19-15-6-8-16(9-7-15)24-14-4-5-17(22)20-11-10-18(23)21-12-2-1-3-13-21/h6-9H,1-5,10-14H2,(H,20,22). The van der Waals surface area contributed by atoms with Gasteiger partial charge in [0.05, 0.1) is 6.61 Å². The van der Waals surface area contributed by atoms with Crippen LogP contribution in [0.15, 0.2) is 24.3 Å².